The van der Waals surface area contributed by atoms with Crippen molar-refractivity contribution in [3.63, 3.8) is 0 Å². The summed E-state index contributed by atoms with van der Waals surface area (Å²) in [7, 11) is 0. The number of carbonyl (C=O) groups is 2. The molecule has 2 fully saturated rings. The summed E-state index contributed by atoms with van der Waals surface area (Å²) in [4.78, 5) is 28.3. The molecule has 8 nitrogen and oxygen atoms in total. The van der Waals surface area contributed by atoms with Crippen LogP contribution in [0.4, 0.5) is 41.2 Å². The third kappa shape index (κ3) is 6.95. The SMILES string of the molecule is O=C(NCC1CCCO1)Nc1ccc(C(=O)N2CCN(Cc3ccc(C(O)(C(F)(F)F)C(F)(F)F)cc3)CC2)cc1F. The highest BCUT2D eigenvalue weighted by molar-refractivity contribution is 5.95. The molecule has 15 heteroatoms. The zero-order chi connectivity index (χ0) is 30.7. The van der Waals surface area contributed by atoms with E-state index in [9.17, 15) is 45.4 Å². The smallest absolute Gasteiger partial charge is 0.376 e. The summed E-state index contributed by atoms with van der Waals surface area (Å²) in [5.74, 6) is -1.23. The van der Waals surface area contributed by atoms with E-state index in [1.165, 1.54) is 17.0 Å². The van der Waals surface area contributed by atoms with E-state index >= 15 is 0 Å². The van der Waals surface area contributed by atoms with Crippen LogP contribution in [-0.4, -0.2) is 84.6 Å². The Kier molecular flexibility index (Phi) is 9.33. The number of alkyl halides is 6. The van der Waals surface area contributed by atoms with Crippen LogP contribution in [0.2, 0.25) is 0 Å². The van der Waals surface area contributed by atoms with Crippen molar-refractivity contribution < 1.29 is 50.2 Å². The van der Waals surface area contributed by atoms with Crippen molar-refractivity contribution in [2.45, 2.75) is 43.4 Å². The maximum Gasteiger partial charge on any atom is 0.430 e. The van der Waals surface area contributed by atoms with Crippen LogP contribution >= 0.6 is 0 Å². The Morgan fingerprint density at radius 3 is 2.14 bits per heavy atom. The second-order valence-corrected chi connectivity index (χ2v) is 10.1. The van der Waals surface area contributed by atoms with Gasteiger partial charge in [-0.1, -0.05) is 24.3 Å². The molecule has 42 heavy (non-hydrogen) atoms. The molecule has 3 amide bonds. The number of amides is 3. The predicted molar refractivity (Wildman–Crippen MR) is 136 cm³/mol. The fourth-order valence-electron chi connectivity index (χ4n) is 4.82. The van der Waals surface area contributed by atoms with Crippen LogP contribution in [0.3, 0.4) is 0 Å². The molecule has 0 bridgehead atoms. The van der Waals surface area contributed by atoms with E-state index in [1.54, 1.807) is 0 Å². The topological polar surface area (TPSA) is 94.1 Å². The Morgan fingerprint density at radius 2 is 1.60 bits per heavy atom. The maximum atomic E-state index is 14.6. The van der Waals surface area contributed by atoms with Crippen molar-refractivity contribution in [1.29, 1.82) is 0 Å². The number of anilines is 1. The van der Waals surface area contributed by atoms with Crippen molar-refractivity contribution in [2.75, 3.05) is 44.6 Å². The molecule has 2 saturated heterocycles. The summed E-state index contributed by atoms with van der Waals surface area (Å²) >= 11 is 0. The van der Waals surface area contributed by atoms with Gasteiger partial charge in [-0.15, -0.1) is 0 Å². The molecule has 4 rings (SSSR count). The summed E-state index contributed by atoms with van der Waals surface area (Å²) in [6, 6.07) is 6.44. The first-order chi connectivity index (χ1) is 19.7. The lowest BCUT2D eigenvalue weighted by molar-refractivity contribution is -0.376. The van der Waals surface area contributed by atoms with Crippen LogP contribution in [0.15, 0.2) is 42.5 Å². The maximum absolute atomic E-state index is 14.6. The number of urea groups is 1. The Morgan fingerprint density at radius 1 is 0.952 bits per heavy atom. The summed E-state index contributed by atoms with van der Waals surface area (Å²) in [5.41, 5.74) is -5.95. The van der Waals surface area contributed by atoms with Gasteiger partial charge in [0.1, 0.15) is 5.82 Å². The highest BCUT2D eigenvalue weighted by Gasteiger charge is 2.71. The van der Waals surface area contributed by atoms with E-state index < -0.39 is 41.3 Å². The van der Waals surface area contributed by atoms with E-state index in [-0.39, 0.29) is 37.0 Å². The number of hydrogen-bond donors (Lipinski definition) is 3. The average molecular weight is 607 g/mol. The van der Waals surface area contributed by atoms with Gasteiger partial charge in [0, 0.05) is 57.0 Å². The highest BCUT2D eigenvalue weighted by Crippen LogP contribution is 2.50. The lowest BCUT2D eigenvalue weighted by Gasteiger charge is -2.35. The molecule has 2 aliphatic rings. The van der Waals surface area contributed by atoms with Crippen LogP contribution in [-0.2, 0) is 16.9 Å². The van der Waals surface area contributed by atoms with Crippen molar-refractivity contribution in [3.05, 3.63) is 65.0 Å². The average Bonchev–Trinajstić information content (AvgIpc) is 3.46. The molecule has 2 heterocycles. The van der Waals surface area contributed by atoms with Crippen molar-refractivity contribution in [3.8, 4) is 0 Å². The second-order valence-electron chi connectivity index (χ2n) is 10.1. The number of nitrogens with one attached hydrogen (secondary N) is 2. The third-order valence-electron chi connectivity index (χ3n) is 7.24. The van der Waals surface area contributed by atoms with Gasteiger partial charge >= 0.3 is 18.4 Å². The van der Waals surface area contributed by atoms with Crippen molar-refractivity contribution in [1.82, 2.24) is 15.1 Å². The molecule has 0 spiro atoms. The number of benzene rings is 2. The van der Waals surface area contributed by atoms with Gasteiger partial charge in [-0.3, -0.25) is 9.69 Å². The normalized spacial score (nSPS) is 18.7. The number of piperazine rings is 1. The fraction of sp³-hybridized carbons (Fsp3) is 0.481. The number of ether oxygens (including phenoxy) is 1. The monoisotopic (exact) mass is 606 g/mol. The lowest BCUT2D eigenvalue weighted by Crippen LogP contribution is -2.53. The molecule has 3 N–H and O–H groups in total. The van der Waals surface area contributed by atoms with Gasteiger partial charge in [0.2, 0.25) is 0 Å². The van der Waals surface area contributed by atoms with Gasteiger partial charge in [0.15, 0.2) is 0 Å². The van der Waals surface area contributed by atoms with Crippen LogP contribution in [0.25, 0.3) is 0 Å². The minimum Gasteiger partial charge on any atom is -0.376 e. The molecule has 230 valence electrons. The molecule has 2 aromatic carbocycles. The quantitative estimate of drug-likeness (QED) is 0.407. The molecule has 0 radical (unpaired) electrons. The zero-order valence-electron chi connectivity index (χ0n) is 22.2. The van der Waals surface area contributed by atoms with Crippen LogP contribution in [0.5, 0.6) is 0 Å². The van der Waals surface area contributed by atoms with Gasteiger partial charge in [-0.25, -0.2) is 9.18 Å². The Hall–Kier alpha value is -3.43. The summed E-state index contributed by atoms with van der Waals surface area (Å²) < 4.78 is 98.6. The Bertz CT molecular complexity index is 1240. The summed E-state index contributed by atoms with van der Waals surface area (Å²) in [6.45, 7) is 2.28. The van der Waals surface area contributed by atoms with E-state index in [2.05, 4.69) is 10.6 Å². The molecule has 0 aliphatic carbocycles. The van der Waals surface area contributed by atoms with Crippen molar-refractivity contribution >= 4 is 17.6 Å². The predicted octanol–water partition coefficient (Wildman–Crippen LogP) is 4.40. The van der Waals surface area contributed by atoms with Gasteiger partial charge in [0.25, 0.3) is 11.5 Å². The van der Waals surface area contributed by atoms with E-state index in [1.807, 2.05) is 4.90 Å². The van der Waals surface area contributed by atoms with E-state index in [0.717, 1.165) is 31.0 Å². The summed E-state index contributed by atoms with van der Waals surface area (Å²) in [6.07, 6.45) is -10.3. The minimum atomic E-state index is -5.96. The van der Waals surface area contributed by atoms with Crippen molar-refractivity contribution in [2.24, 2.45) is 0 Å². The van der Waals surface area contributed by atoms with E-state index in [4.69, 9.17) is 4.74 Å². The molecule has 1 atom stereocenters. The number of halogens is 7. The molecule has 2 aliphatic heterocycles. The molecule has 1 unspecified atom stereocenters. The van der Waals surface area contributed by atoms with Gasteiger partial charge in [-0.05, 0) is 36.6 Å². The second kappa shape index (κ2) is 12.4. The Labute approximate surface area is 236 Å². The fourth-order valence-corrected chi connectivity index (χ4v) is 4.82. The van der Waals surface area contributed by atoms with Crippen LogP contribution in [0, 0.1) is 5.82 Å². The standard InChI is InChI=1S/C27H29F7N4O4/c28-21-14-18(5-8-22(21)36-24(40)35-15-20-2-1-13-42-20)23(39)38-11-9-37(10-12-38)16-17-3-6-19(7-4-17)25(41,26(29,30)31)27(32,33)34/h3-8,14,20,41H,1-2,9-13,15-16H2,(H2,35,36,40). The van der Waals surface area contributed by atoms with Gasteiger partial charge in [-0.2, -0.15) is 26.3 Å². The van der Waals surface area contributed by atoms with Crippen LogP contribution < -0.4 is 10.6 Å². The molecule has 2 aromatic rings. The zero-order valence-corrected chi connectivity index (χ0v) is 22.2. The highest BCUT2D eigenvalue weighted by atomic mass is 19.4. The molecular formula is C27H29F7N4O4. The first-order valence-corrected chi connectivity index (χ1v) is 13.1. The first-order valence-electron chi connectivity index (χ1n) is 13.1. The number of carbonyl (C=O) groups excluding carboxylic acids is 2. The largest absolute Gasteiger partial charge is 0.430 e. The van der Waals surface area contributed by atoms with E-state index in [0.29, 0.717) is 43.9 Å². The molecule has 0 aromatic heterocycles. The minimum absolute atomic E-state index is 0.0728. The van der Waals surface area contributed by atoms with Crippen LogP contribution in [0.1, 0.15) is 34.3 Å². The first kappa shape index (κ1) is 31.5. The van der Waals surface area contributed by atoms with Gasteiger partial charge < -0.3 is 25.4 Å². The van der Waals surface area contributed by atoms with Gasteiger partial charge in [0.05, 0.1) is 11.8 Å². The number of nitrogens with zero attached hydrogens (tertiary/aromatic N) is 2. The summed E-state index contributed by atoms with van der Waals surface area (Å²) in [5, 5.41) is 14.5. The third-order valence-corrected chi connectivity index (χ3v) is 7.24. The molecular weight excluding hydrogens is 577 g/mol. The number of rotatable bonds is 7. The molecule has 0 saturated carbocycles. The Balaban J connectivity index is 1.29. The lowest BCUT2D eigenvalue weighted by atomic mass is 9.91. The number of aliphatic hydroxyl groups is 1. The number of hydrogen-bond acceptors (Lipinski definition) is 5.